The highest BCUT2D eigenvalue weighted by atomic mass is 35.5. The zero-order chi connectivity index (χ0) is 20.1. The molecule has 0 unspecified atom stereocenters. The number of nitrogens with one attached hydrogen (secondary N) is 1. The molecule has 3 rings (SSSR count). The van der Waals surface area contributed by atoms with Gasteiger partial charge in [0.2, 0.25) is 0 Å². The van der Waals surface area contributed by atoms with Crippen molar-refractivity contribution in [3.8, 4) is 0 Å². The second kappa shape index (κ2) is 8.36. The molecule has 9 heteroatoms. The highest BCUT2D eigenvalue weighted by molar-refractivity contribution is 6.30. The second-order valence-electron chi connectivity index (χ2n) is 5.72. The van der Waals surface area contributed by atoms with E-state index in [0.717, 1.165) is 4.73 Å². The zero-order valence-corrected chi connectivity index (χ0v) is 15.1. The highest BCUT2D eigenvalue weighted by Crippen LogP contribution is 2.15. The van der Waals surface area contributed by atoms with Crippen molar-refractivity contribution in [1.29, 1.82) is 0 Å². The van der Waals surface area contributed by atoms with E-state index in [1.54, 1.807) is 30.3 Å². The lowest BCUT2D eigenvalue weighted by Gasteiger charge is -2.10. The van der Waals surface area contributed by atoms with Gasteiger partial charge in [0.15, 0.2) is 0 Å². The van der Waals surface area contributed by atoms with Crippen LogP contribution in [0.15, 0.2) is 71.7 Å². The first-order chi connectivity index (χ1) is 13.4. The summed E-state index contributed by atoms with van der Waals surface area (Å²) in [4.78, 5) is 40.6. The normalized spacial score (nSPS) is 10.3. The van der Waals surface area contributed by atoms with E-state index in [0.29, 0.717) is 16.3 Å². The van der Waals surface area contributed by atoms with Gasteiger partial charge in [-0.25, -0.2) is 0 Å². The van der Waals surface area contributed by atoms with Crippen LogP contribution in [0.2, 0.25) is 5.02 Å². The highest BCUT2D eigenvalue weighted by Gasteiger charge is 2.14. The third-order valence-electron chi connectivity index (χ3n) is 3.73. The minimum Gasteiger partial charge on any atom is -0.406 e. The standard InChI is InChI=1S/C19H14ClN3O5/c20-14-5-2-6-15(11-14)21-18(24)17-8-3-9-22(19(17)25)28-12-13-4-1-7-16(10-13)23(26)27/h1-11H,12H2,(H,21,24). The summed E-state index contributed by atoms with van der Waals surface area (Å²) in [6.45, 7) is -0.0824. The molecule has 8 nitrogen and oxygen atoms in total. The molecule has 0 saturated carbocycles. The number of hydrogen-bond acceptors (Lipinski definition) is 5. The molecule has 0 aliphatic carbocycles. The summed E-state index contributed by atoms with van der Waals surface area (Å²) in [6.07, 6.45) is 1.36. The fourth-order valence-corrected chi connectivity index (χ4v) is 2.61. The van der Waals surface area contributed by atoms with E-state index in [9.17, 15) is 19.7 Å². The summed E-state index contributed by atoms with van der Waals surface area (Å²) >= 11 is 5.88. The van der Waals surface area contributed by atoms with Crippen molar-refractivity contribution in [2.24, 2.45) is 0 Å². The smallest absolute Gasteiger partial charge is 0.295 e. The molecular formula is C19H14ClN3O5. The lowest BCUT2D eigenvalue weighted by molar-refractivity contribution is -0.384. The number of benzene rings is 2. The molecule has 1 amide bonds. The first-order valence-corrected chi connectivity index (χ1v) is 8.47. The predicted octanol–water partition coefficient (Wildman–Crippen LogP) is 3.29. The maximum absolute atomic E-state index is 12.5. The fourth-order valence-electron chi connectivity index (χ4n) is 2.42. The molecule has 1 heterocycles. The first-order valence-electron chi connectivity index (χ1n) is 8.09. The minimum atomic E-state index is -0.660. The van der Waals surface area contributed by atoms with Crippen molar-refractivity contribution in [3.63, 3.8) is 0 Å². The largest absolute Gasteiger partial charge is 0.406 e. The Kier molecular flexibility index (Phi) is 5.71. The van der Waals surface area contributed by atoms with Gasteiger partial charge < -0.3 is 10.2 Å². The van der Waals surface area contributed by atoms with Crippen LogP contribution in [0.4, 0.5) is 11.4 Å². The van der Waals surface area contributed by atoms with Crippen molar-refractivity contribution in [2.75, 3.05) is 5.32 Å². The number of nitro groups is 1. The number of nitro benzene ring substituents is 1. The lowest BCUT2D eigenvalue weighted by atomic mass is 10.2. The van der Waals surface area contributed by atoms with Crippen LogP contribution in [0.25, 0.3) is 0 Å². The molecule has 0 spiro atoms. The third-order valence-corrected chi connectivity index (χ3v) is 3.97. The molecule has 1 aromatic heterocycles. The number of carbonyl (C=O) groups excluding carboxylic acids is 1. The maximum atomic E-state index is 12.5. The van der Waals surface area contributed by atoms with Crippen LogP contribution >= 0.6 is 11.6 Å². The van der Waals surface area contributed by atoms with Gasteiger partial charge in [-0.15, -0.1) is 0 Å². The summed E-state index contributed by atoms with van der Waals surface area (Å²) in [5.74, 6) is -0.611. The van der Waals surface area contributed by atoms with Gasteiger partial charge in [0.05, 0.1) is 4.92 Å². The molecule has 3 aromatic rings. The van der Waals surface area contributed by atoms with Crippen molar-refractivity contribution in [1.82, 2.24) is 4.73 Å². The number of rotatable bonds is 6. The molecule has 0 saturated heterocycles. The Morgan fingerprint density at radius 3 is 2.68 bits per heavy atom. The summed E-state index contributed by atoms with van der Waals surface area (Å²) in [5, 5.41) is 13.9. The molecule has 28 heavy (non-hydrogen) atoms. The molecule has 0 atom stereocenters. The van der Waals surface area contributed by atoms with E-state index in [1.807, 2.05) is 0 Å². The molecule has 142 valence electrons. The quantitative estimate of drug-likeness (QED) is 0.506. The number of non-ortho nitro benzene ring substituents is 1. The molecular weight excluding hydrogens is 386 g/mol. The van der Waals surface area contributed by atoms with E-state index in [2.05, 4.69) is 5.32 Å². The molecule has 0 radical (unpaired) electrons. The number of carbonyl (C=O) groups is 1. The van der Waals surface area contributed by atoms with Crippen LogP contribution in [0.1, 0.15) is 15.9 Å². The Morgan fingerprint density at radius 1 is 1.14 bits per heavy atom. The minimum absolute atomic E-state index is 0.0805. The van der Waals surface area contributed by atoms with Crippen molar-refractivity contribution in [3.05, 3.63) is 103 Å². The Morgan fingerprint density at radius 2 is 1.93 bits per heavy atom. The predicted molar refractivity (Wildman–Crippen MR) is 103 cm³/mol. The zero-order valence-electron chi connectivity index (χ0n) is 14.4. The summed E-state index contributed by atoms with van der Waals surface area (Å²) in [6, 6.07) is 15.2. The number of anilines is 1. The van der Waals surface area contributed by atoms with Crippen LogP contribution in [0.3, 0.4) is 0 Å². The number of pyridine rings is 1. The third kappa shape index (κ3) is 4.54. The lowest BCUT2D eigenvalue weighted by Crippen LogP contribution is -2.32. The van der Waals surface area contributed by atoms with Crippen molar-refractivity contribution in [2.45, 2.75) is 6.61 Å². The molecule has 2 aromatic carbocycles. The van der Waals surface area contributed by atoms with E-state index in [4.69, 9.17) is 16.4 Å². The molecule has 0 fully saturated rings. The van der Waals surface area contributed by atoms with E-state index < -0.39 is 16.4 Å². The maximum Gasteiger partial charge on any atom is 0.295 e. The van der Waals surface area contributed by atoms with Gasteiger partial charge in [0.1, 0.15) is 12.2 Å². The first kappa shape index (κ1) is 19.1. The Labute approximate surface area is 164 Å². The molecule has 1 N–H and O–H groups in total. The molecule has 0 bridgehead atoms. The number of amides is 1. The molecule has 0 aliphatic rings. The van der Waals surface area contributed by atoms with E-state index in [1.165, 1.54) is 36.5 Å². The number of aromatic nitrogens is 1. The number of halogens is 1. The monoisotopic (exact) mass is 399 g/mol. The van der Waals surface area contributed by atoms with E-state index >= 15 is 0 Å². The summed E-state index contributed by atoms with van der Waals surface area (Å²) in [7, 11) is 0. The van der Waals surface area contributed by atoms with Gasteiger partial charge >= 0.3 is 0 Å². The average Bonchev–Trinajstić information content (AvgIpc) is 2.67. The summed E-state index contributed by atoms with van der Waals surface area (Å²) < 4.78 is 0.908. The van der Waals surface area contributed by atoms with Gasteiger partial charge in [-0.05, 0) is 35.9 Å². The van der Waals surface area contributed by atoms with Gasteiger partial charge in [-0.3, -0.25) is 19.7 Å². The van der Waals surface area contributed by atoms with Crippen LogP contribution in [-0.2, 0) is 6.61 Å². The van der Waals surface area contributed by atoms with Gasteiger partial charge in [0.25, 0.3) is 17.2 Å². The van der Waals surface area contributed by atoms with Gasteiger partial charge in [0, 0.05) is 29.0 Å². The van der Waals surface area contributed by atoms with Gasteiger partial charge in [-0.2, -0.15) is 4.73 Å². The van der Waals surface area contributed by atoms with Crippen LogP contribution in [0, 0.1) is 10.1 Å². The van der Waals surface area contributed by atoms with E-state index in [-0.39, 0.29) is 17.9 Å². The molecule has 0 aliphatic heterocycles. The SMILES string of the molecule is O=C(Nc1cccc(Cl)c1)c1cccn(OCc2cccc([N+](=O)[O-])c2)c1=O. The van der Waals surface area contributed by atoms with Crippen LogP contribution < -0.4 is 15.7 Å². The average molecular weight is 400 g/mol. The van der Waals surface area contributed by atoms with Gasteiger partial charge in [-0.1, -0.05) is 29.8 Å². The van der Waals surface area contributed by atoms with Crippen LogP contribution in [-0.4, -0.2) is 15.6 Å². The Bertz CT molecular complexity index is 1100. The van der Waals surface area contributed by atoms with Crippen molar-refractivity contribution < 1.29 is 14.6 Å². The Balaban J connectivity index is 1.75. The fraction of sp³-hybridized carbons (Fsp3) is 0.0526. The topological polar surface area (TPSA) is 103 Å². The number of hydrogen-bond donors (Lipinski definition) is 1. The Hall–Kier alpha value is -3.65. The second-order valence-corrected chi connectivity index (χ2v) is 6.15. The van der Waals surface area contributed by atoms with Crippen molar-refractivity contribution >= 4 is 28.9 Å². The summed E-state index contributed by atoms with van der Waals surface area (Å²) in [5.41, 5.74) is 0.0942. The number of nitrogens with zero attached hydrogens (tertiary/aromatic N) is 2. The van der Waals surface area contributed by atoms with Crippen LogP contribution in [0.5, 0.6) is 0 Å².